The average molecular weight is 579 g/mol. The standard InChI is InChI=1S/C31H34N2O7S/c1-18(2)28(31(35)39-6)33-41(36,37)24-16-12-22(13-17-24)21-10-14-23(15-11-21)32-30(34)29-19(3)27-25(20(4)38-5)8-7-9-26(27)40-29/h7-18,20,28,33H,1-6H3,(H,32,34)/t20?,28-/m0/s1. The molecule has 9 nitrogen and oxygen atoms in total. The second kappa shape index (κ2) is 12.3. The van der Waals surface area contributed by atoms with E-state index >= 15 is 0 Å². The summed E-state index contributed by atoms with van der Waals surface area (Å²) >= 11 is 0. The molecule has 3 aromatic carbocycles. The van der Waals surface area contributed by atoms with Crippen molar-refractivity contribution in [2.75, 3.05) is 19.5 Å². The van der Waals surface area contributed by atoms with Gasteiger partial charge in [-0.2, -0.15) is 4.72 Å². The van der Waals surface area contributed by atoms with E-state index < -0.39 is 22.0 Å². The van der Waals surface area contributed by atoms with E-state index in [1.807, 2.05) is 44.2 Å². The van der Waals surface area contributed by atoms with E-state index in [1.54, 1.807) is 45.2 Å². The normalized spacial score (nSPS) is 13.2. The van der Waals surface area contributed by atoms with Crippen molar-refractivity contribution in [1.82, 2.24) is 4.72 Å². The van der Waals surface area contributed by atoms with E-state index in [-0.39, 0.29) is 28.6 Å². The summed E-state index contributed by atoms with van der Waals surface area (Å²) in [5, 5.41) is 3.75. The number of ether oxygens (including phenoxy) is 2. The van der Waals surface area contributed by atoms with Crippen molar-refractivity contribution >= 4 is 38.6 Å². The molecule has 2 atom stereocenters. The molecule has 1 amide bonds. The molecule has 4 rings (SSSR count). The van der Waals surface area contributed by atoms with E-state index in [1.165, 1.54) is 19.2 Å². The van der Waals surface area contributed by atoms with Gasteiger partial charge in [-0.05, 0) is 66.8 Å². The Hall–Kier alpha value is -3.99. The van der Waals surface area contributed by atoms with Crippen LogP contribution in [0.25, 0.3) is 22.1 Å². The van der Waals surface area contributed by atoms with Gasteiger partial charge in [-0.3, -0.25) is 9.59 Å². The fourth-order valence-corrected chi connectivity index (χ4v) is 5.93. The predicted molar refractivity (Wildman–Crippen MR) is 157 cm³/mol. The number of carbonyl (C=O) groups excluding carboxylic acids is 2. The van der Waals surface area contributed by atoms with E-state index in [0.29, 0.717) is 11.3 Å². The molecule has 216 valence electrons. The van der Waals surface area contributed by atoms with E-state index in [4.69, 9.17) is 13.9 Å². The fourth-order valence-electron chi connectivity index (χ4n) is 4.60. The van der Waals surface area contributed by atoms with E-state index in [2.05, 4.69) is 10.0 Å². The molecular weight excluding hydrogens is 544 g/mol. The molecule has 0 spiro atoms. The Kier molecular flexibility index (Phi) is 8.96. The lowest BCUT2D eigenvalue weighted by Crippen LogP contribution is -2.44. The van der Waals surface area contributed by atoms with Crippen LogP contribution < -0.4 is 10.0 Å². The molecule has 0 saturated heterocycles. The van der Waals surface area contributed by atoms with Crippen molar-refractivity contribution in [2.45, 2.75) is 44.7 Å². The Morgan fingerprint density at radius 1 is 0.878 bits per heavy atom. The first-order valence-electron chi connectivity index (χ1n) is 13.1. The number of furan rings is 1. The number of aryl methyl sites for hydroxylation is 1. The van der Waals surface area contributed by atoms with Crippen molar-refractivity contribution in [3.63, 3.8) is 0 Å². The van der Waals surface area contributed by atoms with Crippen LogP contribution in [0.3, 0.4) is 0 Å². The maximum Gasteiger partial charge on any atom is 0.324 e. The van der Waals surface area contributed by atoms with Gasteiger partial charge in [0.1, 0.15) is 11.6 Å². The van der Waals surface area contributed by atoms with Crippen LogP contribution >= 0.6 is 0 Å². The Balaban J connectivity index is 1.49. The Morgan fingerprint density at radius 3 is 2.05 bits per heavy atom. The van der Waals surface area contributed by atoms with Gasteiger partial charge in [0.25, 0.3) is 5.91 Å². The number of rotatable bonds is 10. The molecule has 1 aromatic heterocycles. The predicted octanol–water partition coefficient (Wildman–Crippen LogP) is 5.84. The van der Waals surface area contributed by atoms with Gasteiger partial charge < -0.3 is 19.2 Å². The van der Waals surface area contributed by atoms with Gasteiger partial charge in [-0.1, -0.05) is 50.2 Å². The molecule has 10 heteroatoms. The number of sulfonamides is 1. The molecule has 0 saturated carbocycles. The first kappa shape index (κ1) is 30.0. The zero-order chi connectivity index (χ0) is 29.9. The highest BCUT2D eigenvalue weighted by atomic mass is 32.2. The van der Waals surface area contributed by atoms with Gasteiger partial charge in [-0.25, -0.2) is 8.42 Å². The van der Waals surface area contributed by atoms with Gasteiger partial charge in [0.05, 0.1) is 18.1 Å². The number of anilines is 1. The third-order valence-electron chi connectivity index (χ3n) is 7.03. The summed E-state index contributed by atoms with van der Waals surface area (Å²) in [6.45, 7) is 7.26. The van der Waals surface area contributed by atoms with Crippen molar-refractivity contribution in [1.29, 1.82) is 0 Å². The van der Waals surface area contributed by atoms with Crippen molar-refractivity contribution in [3.8, 4) is 11.1 Å². The lowest BCUT2D eigenvalue weighted by atomic mass is 10.0. The zero-order valence-electron chi connectivity index (χ0n) is 23.8. The van der Waals surface area contributed by atoms with Gasteiger partial charge in [-0.15, -0.1) is 0 Å². The van der Waals surface area contributed by atoms with E-state index in [0.717, 1.165) is 27.6 Å². The van der Waals surface area contributed by atoms with Crippen LogP contribution in [0.5, 0.6) is 0 Å². The maximum atomic E-state index is 13.1. The maximum absolute atomic E-state index is 13.1. The highest BCUT2D eigenvalue weighted by molar-refractivity contribution is 7.89. The number of nitrogens with one attached hydrogen (secondary N) is 2. The highest BCUT2D eigenvalue weighted by Crippen LogP contribution is 2.33. The summed E-state index contributed by atoms with van der Waals surface area (Å²) in [7, 11) is -1.08. The summed E-state index contributed by atoms with van der Waals surface area (Å²) in [6, 6.07) is 18.2. The largest absolute Gasteiger partial charge is 0.468 e. The number of methoxy groups -OCH3 is 2. The summed E-state index contributed by atoms with van der Waals surface area (Å²) < 4.78 is 44.2. The van der Waals surface area contributed by atoms with Crippen LogP contribution in [0.4, 0.5) is 5.69 Å². The first-order valence-corrected chi connectivity index (χ1v) is 14.6. The minimum atomic E-state index is -3.94. The van der Waals surface area contributed by atoms with Crippen LogP contribution in [-0.2, 0) is 24.3 Å². The number of fused-ring (bicyclic) bond motifs is 1. The van der Waals surface area contributed by atoms with Crippen LogP contribution in [-0.4, -0.2) is 40.6 Å². The lowest BCUT2D eigenvalue weighted by Gasteiger charge is -2.19. The summed E-state index contributed by atoms with van der Waals surface area (Å²) in [5.74, 6) is -1.07. The number of hydrogen-bond acceptors (Lipinski definition) is 7. The van der Waals surface area contributed by atoms with Crippen molar-refractivity contribution in [2.24, 2.45) is 5.92 Å². The molecule has 2 N–H and O–H groups in total. The minimum absolute atomic E-state index is 0.0314. The van der Waals surface area contributed by atoms with E-state index in [9.17, 15) is 18.0 Å². The van der Waals surface area contributed by atoms with Crippen LogP contribution in [0.15, 0.2) is 76.0 Å². The Bertz CT molecular complexity index is 1660. The molecule has 4 aromatic rings. The van der Waals surface area contributed by atoms with Crippen LogP contribution in [0, 0.1) is 12.8 Å². The summed E-state index contributed by atoms with van der Waals surface area (Å²) in [4.78, 5) is 25.1. The molecule has 1 unspecified atom stereocenters. The van der Waals surface area contributed by atoms with Crippen molar-refractivity contribution < 1.29 is 31.9 Å². The second-order valence-electron chi connectivity index (χ2n) is 10.1. The topological polar surface area (TPSA) is 124 Å². The molecular formula is C31H34N2O7S. The van der Waals surface area contributed by atoms with Crippen LogP contribution in [0.2, 0.25) is 0 Å². The molecule has 0 bridgehead atoms. The number of amides is 1. The Labute approximate surface area is 239 Å². The van der Waals surface area contributed by atoms with Gasteiger partial charge in [0.15, 0.2) is 5.76 Å². The Morgan fingerprint density at radius 2 is 1.49 bits per heavy atom. The smallest absolute Gasteiger partial charge is 0.324 e. The molecule has 0 aliphatic heterocycles. The zero-order valence-corrected chi connectivity index (χ0v) is 24.7. The molecule has 0 radical (unpaired) electrons. The number of esters is 1. The molecule has 0 fully saturated rings. The second-order valence-corrected chi connectivity index (χ2v) is 11.8. The number of carbonyl (C=O) groups is 2. The van der Waals surface area contributed by atoms with Gasteiger partial charge in [0.2, 0.25) is 10.0 Å². The number of hydrogen-bond donors (Lipinski definition) is 2. The van der Waals surface area contributed by atoms with Gasteiger partial charge in [0, 0.05) is 23.7 Å². The van der Waals surface area contributed by atoms with Gasteiger partial charge >= 0.3 is 5.97 Å². The fraction of sp³-hybridized carbons (Fsp3) is 0.290. The first-order chi connectivity index (χ1) is 19.5. The average Bonchev–Trinajstić information content (AvgIpc) is 3.32. The monoisotopic (exact) mass is 578 g/mol. The molecule has 41 heavy (non-hydrogen) atoms. The third-order valence-corrected chi connectivity index (χ3v) is 8.49. The number of benzene rings is 3. The molecule has 0 aliphatic carbocycles. The lowest BCUT2D eigenvalue weighted by molar-refractivity contribution is -0.143. The molecule has 0 aliphatic rings. The van der Waals surface area contributed by atoms with Crippen molar-refractivity contribution in [3.05, 3.63) is 83.6 Å². The minimum Gasteiger partial charge on any atom is -0.468 e. The third kappa shape index (κ3) is 6.35. The SMILES string of the molecule is COC(=O)[C@@H](NS(=O)(=O)c1ccc(-c2ccc(NC(=O)c3oc4cccc(C(C)OC)c4c3C)cc2)cc1)C(C)C. The summed E-state index contributed by atoms with van der Waals surface area (Å²) in [5.41, 5.74) is 4.50. The summed E-state index contributed by atoms with van der Waals surface area (Å²) in [6.07, 6.45) is -0.152. The highest BCUT2D eigenvalue weighted by Gasteiger charge is 2.29. The van der Waals surface area contributed by atoms with Crippen LogP contribution in [0.1, 0.15) is 48.6 Å². The molecule has 1 heterocycles. The quantitative estimate of drug-likeness (QED) is 0.227.